The highest BCUT2D eigenvalue weighted by Crippen LogP contribution is 2.29. The fourth-order valence-electron chi connectivity index (χ4n) is 2.59. The van der Waals surface area contributed by atoms with E-state index >= 15 is 0 Å². The number of phenols is 1. The van der Waals surface area contributed by atoms with Crippen LogP contribution in [0.1, 0.15) is 23.6 Å². The molecule has 2 rings (SSSR count). The van der Waals surface area contributed by atoms with E-state index in [-0.39, 0.29) is 17.1 Å². The summed E-state index contributed by atoms with van der Waals surface area (Å²) in [6.07, 6.45) is 0. The Bertz CT molecular complexity index is 869. The van der Waals surface area contributed by atoms with Gasteiger partial charge in [-0.3, -0.25) is 25.7 Å². The van der Waals surface area contributed by atoms with Crippen LogP contribution in [0.3, 0.4) is 0 Å². The molecule has 0 unspecified atom stereocenters. The van der Waals surface area contributed by atoms with E-state index in [1.165, 1.54) is 6.07 Å². The molecule has 9 heteroatoms. The molecule has 130 valence electrons. The van der Waals surface area contributed by atoms with Crippen molar-refractivity contribution in [3.8, 4) is 5.75 Å². The molecule has 0 fully saturated rings. The number of hydrazone groups is 1. The largest absolute Gasteiger partial charge is 0.508 e. The molecule has 0 amide bonds. The number of non-ortho nitro benzene ring substituents is 1. The molecule has 2 aromatic rings. The quantitative estimate of drug-likeness (QED) is 0.483. The van der Waals surface area contributed by atoms with Gasteiger partial charge < -0.3 is 5.11 Å². The monoisotopic (exact) mass is 344 g/mol. The molecule has 0 aliphatic heterocycles. The van der Waals surface area contributed by atoms with E-state index in [9.17, 15) is 25.3 Å². The summed E-state index contributed by atoms with van der Waals surface area (Å²) in [5.41, 5.74) is 4.79. The Morgan fingerprint density at radius 3 is 2.20 bits per heavy atom. The molecule has 0 radical (unpaired) electrons. The minimum Gasteiger partial charge on any atom is -0.508 e. The van der Waals surface area contributed by atoms with Gasteiger partial charge in [-0.15, -0.1) is 0 Å². The first kappa shape index (κ1) is 17.9. The van der Waals surface area contributed by atoms with Crippen LogP contribution in [-0.2, 0) is 0 Å². The number of rotatable bonds is 5. The predicted molar refractivity (Wildman–Crippen MR) is 93.2 cm³/mol. The van der Waals surface area contributed by atoms with Crippen LogP contribution in [0.15, 0.2) is 35.4 Å². The van der Waals surface area contributed by atoms with Crippen molar-refractivity contribution in [1.82, 2.24) is 0 Å². The van der Waals surface area contributed by atoms with Gasteiger partial charge in [-0.05, 0) is 50.1 Å². The van der Waals surface area contributed by atoms with Gasteiger partial charge in [0, 0.05) is 11.6 Å². The molecule has 2 aromatic carbocycles. The number of nitro groups is 2. The lowest BCUT2D eigenvalue weighted by molar-refractivity contribution is -0.393. The van der Waals surface area contributed by atoms with Gasteiger partial charge in [0.05, 0.1) is 21.6 Å². The lowest BCUT2D eigenvalue weighted by Gasteiger charge is -2.11. The van der Waals surface area contributed by atoms with E-state index in [1.807, 2.05) is 13.8 Å². The molecule has 0 saturated carbocycles. The van der Waals surface area contributed by atoms with Gasteiger partial charge in [0.15, 0.2) is 0 Å². The predicted octanol–water partition coefficient (Wildman–Crippen LogP) is 3.66. The summed E-state index contributed by atoms with van der Waals surface area (Å²) in [4.78, 5) is 20.5. The van der Waals surface area contributed by atoms with E-state index in [0.717, 1.165) is 28.8 Å². The second-order valence-electron chi connectivity index (χ2n) is 5.48. The Morgan fingerprint density at radius 1 is 1.08 bits per heavy atom. The topological polar surface area (TPSA) is 131 Å². The Hall–Kier alpha value is -3.49. The molecule has 2 N–H and O–H groups in total. The van der Waals surface area contributed by atoms with Gasteiger partial charge in [0.1, 0.15) is 11.4 Å². The van der Waals surface area contributed by atoms with Gasteiger partial charge in [-0.1, -0.05) is 0 Å². The average Bonchev–Trinajstić information content (AvgIpc) is 2.51. The van der Waals surface area contributed by atoms with Gasteiger partial charge in [-0.2, -0.15) is 5.10 Å². The first-order valence-corrected chi connectivity index (χ1v) is 7.24. The summed E-state index contributed by atoms with van der Waals surface area (Å²) >= 11 is 0. The second kappa shape index (κ2) is 6.95. The van der Waals surface area contributed by atoms with Crippen molar-refractivity contribution in [3.05, 3.63) is 67.3 Å². The zero-order chi connectivity index (χ0) is 18.7. The highest BCUT2D eigenvalue weighted by Gasteiger charge is 2.19. The van der Waals surface area contributed by atoms with Crippen LogP contribution in [0.25, 0.3) is 0 Å². The minimum atomic E-state index is -0.711. The number of hydrogen-bond acceptors (Lipinski definition) is 7. The molecule has 0 heterocycles. The van der Waals surface area contributed by atoms with Gasteiger partial charge >= 0.3 is 5.69 Å². The number of phenolic OH excluding ortho intramolecular Hbond substituents is 1. The van der Waals surface area contributed by atoms with Crippen LogP contribution in [0, 0.1) is 34.1 Å². The Balaban J connectivity index is 2.39. The highest BCUT2D eigenvalue weighted by molar-refractivity contribution is 6.01. The molecule has 25 heavy (non-hydrogen) atoms. The van der Waals surface area contributed by atoms with Crippen molar-refractivity contribution < 1.29 is 15.0 Å². The molecule has 0 aliphatic rings. The molecule has 0 saturated heterocycles. The molecule has 0 atom stereocenters. The van der Waals surface area contributed by atoms with Crippen LogP contribution in [-0.4, -0.2) is 20.7 Å². The highest BCUT2D eigenvalue weighted by atomic mass is 16.6. The van der Waals surface area contributed by atoms with Gasteiger partial charge in [0.2, 0.25) is 0 Å². The summed E-state index contributed by atoms with van der Waals surface area (Å²) in [6.45, 7) is 5.35. The lowest BCUT2D eigenvalue weighted by atomic mass is 9.99. The summed E-state index contributed by atoms with van der Waals surface area (Å²) in [5, 5.41) is 35.6. The normalized spacial score (nSPS) is 11.2. The van der Waals surface area contributed by atoms with Crippen LogP contribution in [0.2, 0.25) is 0 Å². The van der Waals surface area contributed by atoms with Crippen molar-refractivity contribution in [3.63, 3.8) is 0 Å². The molecular formula is C16H16N4O5. The maximum atomic E-state index is 11.1. The van der Waals surface area contributed by atoms with E-state index in [4.69, 9.17) is 0 Å². The third-order valence-corrected chi connectivity index (χ3v) is 3.61. The fourth-order valence-corrected chi connectivity index (χ4v) is 2.59. The van der Waals surface area contributed by atoms with Crippen LogP contribution >= 0.6 is 0 Å². The number of aromatic hydroxyl groups is 1. The van der Waals surface area contributed by atoms with Crippen molar-refractivity contribution in [1.29, 1.82) is 0 Å². The summed E-state index contributed by atoms with van der Waals surface area (Å²) in [6, 6.07) is 6.47. The molecular weight excluding hydrogens is 328 g/mol. The van der Waals surface area contributed by atoms with Crippen molar-refractivity contribution >= 4 is 22.8 Å². The van der Waals surface area contributed by atoms with Crippen LogP contribution in [0.5, 0.6) is 5.75 Å². The van der Waals surface area contributed by atoms with E-state index in [0.29, 0.717) is 5.71 Å². The second-order valence-corrected chi connectivity index (χ2v) is 5.48. The zero-order valence-corrected chi connectivity index (χ0v) is 13.8. The maximum Gasteiger partial charge on any atom is 0.301 e. The molecule has 0 spiro atoms. The Labute approximate surface area is 142 Å². The summed E-state index contributed by atoms with van der Waals surface area (Å²) < 4.78 is 0. The molecule has 0 aromatic heterocycles. The molecule has 0 aliphatic carbocycles. The Kier molecular flexibility index (Phi) is 4.97. The first-order valence-electron chi connectivity index (χ1n) is 7.24. The number of benzene rings is 2. The SMILES string of the molecule is CC(=NNc1ccc([N+](=O)[O-])cc1[N+](=O)[O-])c1c(C)cc(O)cc1C. The number of nitrogens with one attached hydrogen (secondary N) is 1. The fraction of sp³-hybridized carbons (Fsp3) is 0.188. The smallest absolute Gasteiger partial charge is 0.301 e. The van der Waals surface area contributed by atoms with Gasteiger partial charge in [0.25, 0.3) is 5.69 Å². The third-order valence-electron chi connectivity index (χ3n) is 3.61. The molecule has 0 bridgehead atoms. The number of hydrogen-bond donors (Lipinski definition) is 2. The zero-order valence-electron chi connectivity index (χ0n) is 13.8. The van der Waals surface area contributed by atoms with Crippen molar-refractivity contribution in [2.45, 2.75) is 20.8 Å². The first-order chi connectivity index (χ1) is 11.7. The number of anilines is 1. The van der Waals surface area contributed by atoms with E-state index in [2.05, 4.69) is 10.5 Å². The maximum absolute atomic E-state index is 11.1. The molecule has 9 nitrogen and oxygen atoms in total. The number of aryl methyl sites for hydroxylation is 2. The van der Waals surface area contributed by atoms with Crippen LogP contribution < -0.4 is 5.43 Å². The Morgan fingerprint density at radius 2 is 1.68 bits per heavy atom. The minimum absolute atomic E-state index is 0.0454. The van der Waals surface area contributed by atoms with Crippen molar-refractivity contribution in [2.24, 2.45) is 5.10 Å². The average molecular weight is 344 g/mol. The van der Waals surface area contributed by atoms with Gasteiger partial charge in [-0.25, -0.2) is 0 Å². The van der Waals surface area contributed by atoms with E-state index < -0.39 is 15.5 Å². The van der Waals surface area contributed by atoms with Crippen molar-refractivity contribution in [2.75, 3.05) is 5.43 Å². The number of nitrogens with zero attached hydrogens (tertiary/aromatic N) is 3. The van der Waals surface area contributed by atoms with E-state index in [1.54, 1.807) is 19.1 Å². The summed E-state index contributed by atoms with van der Waals surface area (Å²) in [7, 11) is 0. The summed E-state index contributed by atoms with van der Waals surface area (Å²) in [5.74, 6) is 0.144. The van der Waals surface area contributed by atoms with Crippen LogP contribution in [0.4, 0.5) is 17.1 Å². The standard InChI is InChI=1S/C16H16N4O5/c1-9-6-13(21)7-10(2)16(9)11(3)17-18-14-5-4-12(19(22)23)8-15(14)20(24)25/h4-8,18,21H,1-3H3. The number of nitro benzene ring substituents is 2. The lowest BCUT2D eigenvalue weighted by Crippen LogP contribution is -2.05. The third kappa shape index (κ3) is 3.89.